The molecule has 0 aliphatic rings. The Morgan fingerprint density at radius 3 is 2.69 bits per heavy atom. The molecule has 1 N–H and O–H groups in total. The molecule has 88 valence electrons. The van der Waals surface area contributed by atoms with Gasteiger partial charge in [-0.15, -0.1) is 0 Å². The molecule has 0 heterocycles. The van der Waals surface area contributed by atoms with Gasteiger partial charge in [0, 0.05) is 12.5 Å². The number of rotatable bonds is 5. The monoisotopic (exact) mass is 223 g/mol. The number of aryl methyl sites for hydroxylation is 1. The summed E-state index contributed by atoms with van der Waals surface area (Å²) >= 11 is 0. The van der Waals surface area contributed by atoms with Crippen LogP contribution < -0.4 is 5.32 Å². The zero-order valence-corrected chi connectivity index (χ0v) is 10.0. The minimum Gasteiger partial charge on any atom is -0.313 e. The Morgan fingerprint density at radius 2 is 2.19 bits per heavy atom. The highest BCUT2D eigenvalue weighted by Crippen LogP contribution is 2.20. The van der Waals surface area contributed by atoms with Crippen LogP contribution in [0.5, 0.6) is 0 Å². The summed E-state index contributed by atoms with van der Waals surface area (Å²) in [6.07, 6.45) is 1.29. The molecule has 16 heavy (non-hydrogen) atoms. The van der Waals surface area contributed by atoms with Gasteiger partial charge in [-0.1, -0.05) is 12.1 Å². The van der Waals surface area contributed by atoms with Crippen molar-refractivity contribution < 1.29 is 9.18 Å². The van der Waals surface area contributed by atoms with Crippen LogP contribution in [0, 0.1) is 12.7 Å². The highest BCUT2D eigenvalue weighted by Gasteiger charge is 2.11. The lowest BCUT2D eigenvalue weighted by Crippen LogP contribution is -2.17. The molecule has 1 aromatic carbocycles. The molecule has 0 fully saturated rings. The fraction of sp³-hybridized carbons (Fsp3) is 0.462. The number of hydrogen-bond donors (Lipinski definition) is 1. The van der Waals surface area contributed by atoms with E-state index in [2.05, 4.69) is 5.32 Å². The summed E-state index contributed by atoms with van der Waals surface area (Å²) in [6.45, 7) is 3.33. The maximum Gasteiger partial charge on any atom is 0.129 e. The molecule has 0 aliphatic heterocycles. The smallest absolute Gasteiger partial charge is 0.129 e. The standard InChI is InChI=1S/C13H18FNO/c1-9-8-11(5-6-12(9)14)13(15-3)7-4-10(2)16/h5-6,8,13,15H,4,7H2,1-3H3. The van der Waals surface area contributed by atoms with Gasteiger partial charge in [-0.2, -0.15) is 0 Å². The number of Topliss-reactive ketones (excluding diaryl/α,β-unsaturated/α-hetero) is 1. The third kappa shape index (κ3) is 3.42. The van der Waals surface area contributed by atoms with E-state index in [-0.39, 0.29) is 17.6 Å². The topological polar surface area (TPSA) is 29.1 Å². The van der Waals surface area contributed by atoms with Crippen LogP contribution in [0.15, 0.2) is 18.2 Å². The minimum absolute atomic E-state index is 0.114. The summed E-state index contributed by atoms with van der Waals surface area (Å²) < 4.78 is 13.1. The Bertz CT molecular complexity index is 376. The van der Waals surface area contributed by atoms with Crippen molar-refractivity contribution in [3.63, 3.8) is 0 Å². The van der Waals surface area contributed by atoms with Gasteiger partial charge in [0.1, 0.15) is 11.6 Å². The van der Waals surface area contributed by atoms with Crippen LogP contribution in [0.4, 0.5) is 4.39 Å². The van der Waals surface area contributed by atoms with Gasteiger partial charge in [0.25, 0.3) is 0 Å². The minimum atomic E-state index is -0.190. The van der Waals surface area contributed by atoms with Gasteiger partial charge in [0.15, 0.2) is 0 Å². The lowest BCUT2D eigenvalue weighted by atomic mass is 9.99. The normalized spacial score (nSPS) is 12.5. The molecule has 0 aliphatic carbocycles. The highest BCUT2D eigenvalue weighted by molar-refractivity contribution is 5.75. The van der Waals surface area contributed by atoms with Crippen LogP contribution in [0.1, 0.15) is 36.9 Å². The maximum atomic E-state index is 13.1. The summed E-state index contributed by atoms with van der Waals surface area (Å²) in [5, 5.41) is 3.15. The number of carbonyl (C=O) groups excluding carboxylic acids is 1. The number of halogens is 1. The summed E-state index contributed by atoms with van der Waals surface area (Å²) in [5.41, 5.74) is 1.67. The third-order valence-corrected chi connectivity index (χ3v) is 2.72. The molecule has 0 bridgehead atoms. The van der Waals surface area contributed by atoms with Gasteiger partial charge in [0.2, 0.25) is 0 Å². The van der Waals surface area contributed by atoms with E-state index in [9.17, 15) is 9.18 Å². The molecule has 1 aromatic rings. The van der Waals surface area contributed by atoms with Crippen LogP contribution in [0.25, 0.3) is 0 Å². The first kappa shape index (κ1) is 12.8. The Labute approximate surface area is 95.9 Å². The van der Waals surface area contributed by atoms with Crippen molar-refractivity contribution in [2.45, 2.75) is 32.7 Å². The molecule has 0 amide bonds. The highest BCUT2D eigenvalue weighted by atomic mass is 19.1. The number of carbonyl (C=O) groups is 1. The van der Waals surface area contributed by atoms with Gasteiger partial charge in [-0.25, -0.2) is 4.39 Å². The maximum absolute atomic E-state index is 13.1. The van der Waals surface area contributed by atoms with Crippen molar-refractivity contribution >= 4 is 5.78 Å². The zero-order valence-electron chi connectivity index (χ0n) is 10.0. The van der Waals surface area contributed by atoms with E-state index in [0.717, 1.165) is 12.0 Å². The first-order valence-corrected chi connectivity index (χ1v) is 5.47. The predicted octanol–water partition coefficient (Wildman–Crippen LogP) is 2.76. The zero-order chi connectivity index (χ0) is 12.1. The number of ketones is 1. The second kappa shape index (κ2) is 5.75. The lowest BCUT2D eigenvalue weighted by Gasteiger charge is -2.16. The third-order valence-electron chi connectivity index (χ3n) is 2.72. The molecule has 2 nitrogen and oxygen atoms in total. The Hall–Kier alpha value is -1.22. The van der Waals surface area contributed by atoms with Gasteiger partial charge in [-0.3, -0.25) is 0 Å². The van der Waals surface area contributed by atoms with Crippen molar-refractivity contribution in [3.05, 3.63) is 35.1 Å². The fourth-order valence-electron chi connectivity index (χ4n) is 1.71. The van der Waals surface area contributed by atoms with Crippen LogP contribution in [0.2, 0.25) is 0 Å². The second-order valence-electron chi connectivity index (χ2n) is 4.09. The fourth-order valence-corrected chi connectivity index (χ4v) is 1.71. The number of nitrogens with one attached hydrogen (secondary N) is 1. The molecule has 0 aromatic heterocycles. The van der Waals surface area contributed by atoms with Gasteiger partial charge in [-0.05, 0) is 44.5 Å². The van der Waals surface area contributed by atoms with Crippen LogP contribution in [-0.4, -0.2) is 12.8 Å². The average molecular weight is 223 g/mol. The second-order valence-corrected chi connectivity index (χ2v) is 4.09. The van der Waals surface area contributed by atoms with E-state index in [1.165, 1.54) is 6.07 Å². The van der Waals surface area contributed by atoms with Crippen molar-refractivity contribution in [1.29, 1.82) is 0 Å². The van der Waals surface area contributed by atoms with E-state index in [4.69, 9.17) is 0 Å². The summed E-state index contributed by atoms with van der Waals surface area (Å²) in [4.78, 5) is 10.9. The van der Waals surface area contributed by atoms with Gasteiger partial charge < -0.3 is 10.1 Å². The van der Waals surface area contributed by atoms with E-state index in [0.29, 0.717) is 12.0 Å². The molecule has 1 unspecified atom stereocenters. The molecular weight excluding hydrogens is 205 g/mol. The van der Waals surface area contributed by atoms with E-state index in [1.807, 2.05) is 13.1 Å². The summed E-state index contributed by atoms with van der Waals surface area (Å²) in [5.74, 6) is -0.00995. The Morgan fingerprint density at radius 1 is 1.50 bits per heavy atom. The molecular formula is C13H18FNO. The molecule has 3 heteroatoms. The first-order chi connectivity index (χ1) is 7.54. The SMILES string of the molecule is CNC(CCC(C)=O)c1ccc(F)c(C)c1. The molecule has 1 atom stereocenters. The molecule has 0 radical (unpaired) electrons. The van der Waals surface area contributed by atoms with Gasteiger partial charge in [0.05, 0.1) is 0 Å². The van der Waals surface area contributed by atoms with Crippen LogP contribution in [0.3, 0.4) is 0 Å². The Balaban J connectivity index is 2.78. The number of hydrogen-bond acceptors (Lipinski definition) is 2. The molecule has 0 saturated carbocycles. The summed E-state index contributed by atoms with van der Waals surface area (Å²) in [6, 6.07) is 5.19. The van der Waals surface area contributed by atoms with E-state index < -0.39 is 0 Å². The van der Waals surface area contributed by atoms with Crippen LogP contribution in [-0.2, 0) is 4.79 Å². The molecule has 1 rings (SSSR count). The van der Waals surface area contributed by atoms with E-state index >= 15 is 0 Å². The molecule has 0 spiro atoms. The lowest BCUT2D eigenvalue weighted by molar-refractivity contribution is -0.117. The predicted molar refractivity (Wildman–Crippen MR) is 62.9 cm³/mol. The largest absolute Gasteiger partial charge is 0.313 e. The quantitative estimate of drug-likeness (QED) is 0.831. The average Bonchev–Trinajstić information content (AvgIpc) is 2.23. The number of benzene rings is 1. The van der Waals surface area contributed by atoms with E-state index in [1.54, 1.807) is 19.9 Å². The van der Waals surface area contributed by atoms with Crippen LogP contribution >= 0.6 is 0 Å². The van der Waals surface area contributed by atoms with Crippen molar-refractivity contribution in [1.82, 2.24) is 5.32 Å². The summed E-state index contributed by atoms with van der Waals surface area (Å²) in [7, 11) is 1.85. The first-order valence-electron chi connectivity index (χ1n) is 5.47. The van der Waals surface area contributed by atoms with Crippen molar-refractivity contribution in [2.24, 2.45) is 0 Å². The van der Waals surface area contributed by atoms with Crippen molar-refractivity contribution in [3.8, 4) is 0 Å². The van der Waals surface area contributed by atoms with Crippen molar-refractivity contribution in [2.75, 3.05) is 7.05 Å². The Kier molecular flexibility index (Phi) is 4.62. The molecule has 0 saturated heterocycles. The van der Waals surface area contributed by atoms with Gasteiger partial charge >= 0.3 is 0 Å².